The van der Waals surface area contributed by atoms with Crippen LogP contribution in [0.2, 0.25) is 0 Å². The number of rotatable bonds is 3. The van der Waals surface area contributed by atoms with Gasteiger partial charge in [0, 0.05) is 19.0 Å². The topological polar surface area (TPSA) is 57.6 Å². The van der Waals surface area contributed by atoms with Gasteiger partial charge in [-0.05, 0) is 36.7 Å². The summed E-state index contributed by atoms with van der Waals surface area (Å²) in [5.74, 6) is 1.72. The highest BCUT2D eigenvalue weighted by Crippen LogP contribution is 2.39. The third-order valence-electron chi connectivity index (χ3n) is 4.71. The molecule has 5 heteroatoms. The van der Waals surface area contributed by atoms with E-state index < -0.39 is 11.4 Å². The summed E-state index contributed by atoms with van der Waals surface area (Å²) in [7, 11) is 0. The molecule has 0 saturated carbocycles. The lowest BCUT2D eigenvalue weighted by Crippen LogP contribution is -2.42. The molecule has 0 aromatic carbocycles. The molecule has 2 aliphatic rings. The Balaban J connectivity index is 2.04. The summed E-state index contributed by atoms with van der Waals surface area (Å²) < 4.78 is 0. The molecule has 2 saturated heterocycles. The first kappa shape index (κ1) is 14.7. The Morgan fingerprint density at radius 3 is 2.42 bits per heavy atom. The van der Waals surface area contributed by atoms with E-state index in [-0.39, 0.29) is 17.7 Å². The predicted molar refractivity (Wildman–Crippen MR) is 76.2 cm³/mol. The summed E-state index contributed by atoms with van der Waals surface area (Å²) in [6, 6.07) is 0. The first-order chi connectivity index (χ1) is 8.97. The second-order valence-corrected chi connectivity index (χ2v) is 7.24. The third-order valence-corrected chi connectivity index (χ3v) is 5.76. The van der Waals surface area contributed by atoms with E-state index in [0.29, 0.717) is 19.5 Å². The van der Waals surface area contributed by atoms with Crippen molar-refractivity contribution in [3.05, 3.63) is 0 Å². The standard InChI is InChI=1S/C14H23NO3S/c1-10(2)14(13(17)18)5-6-15(9-14)12(16)11-3-7-19-8-4-11/h10-11H,3-9H2,1-2H3,(H,17,18). The van der Waals surface area contributed by atoms with Crippen molar-refractivity contribution in [3.63, 3.8) is 0 Å². The smallest absolute Gasteiger partial charge is 0.311 e. The monoisotopic (exact) mass is 285 g/mol. The molecule has 2 fully saturated rings. The van der Waals surface area contributed by atoms with Gasteiger partial charge in [-0.2, -0.15) is 11.8 Å². The molecule has 0 radical (unpaired) electrons. The summed E-state index contributed by atoms with van der Waals surface area (Å²) >= 11 is 1.90. The fraction of sp³-hybridized carbons (Fsp3) is 0.857. The molecule has 0 aliphatic carbocycles. The van der Waals surface area contributed by atoms with Crippen LogP contribution in [0, 0.1) is 17.3 Å². The summed E-state index contributed by atoms with van der Waals surface area (Å²) in [6.07, 6.45) is 2.48. The van der Waals surface area contributed by atoms with Crippen LogP contribution >= 0.6 is 11.8 Å². The molecule has 0 spiro atoms. The summed E-state index contributed by atoms with van der Waals surface area (Å²) in [5, 5.41) is 9.50. The highest BCUT2D eigenvalue weighted by atomic mass is 32.2. The lowest BCUT2D eigenvalue weighted by atomic mass is 9.76. The van der Waals surface area contributed by atoms with Gasteiger partial charge in [-0.1, -0.05) is 13.8 Å². The van der Waals surface area contributed by atoms with Crippen molar-refractivity contribution in [1.29, 1.82) is 0 Å². The molecule has 2 heterocycles. The van der Waals surface area contributed by atoms with Crippen LogP contribution in [0.25, 0.3) is 0 Å². The average molecular weight is 285 g/mol. The molecule has 2 rings (SSSR count). The fourth-order valence-corrected chi connectivity index (χ4v) is 4.22. The van der Waals surface area contributed by atoms with Crippen molar-refractivity contribution in [1.82, 2.24) is 4.90 Å². The van der Waals surface area contributed by atoms with Crippen molar-refractivity contribution in [2.75, 3.05) is 24.6 Å². The van der Waals surface area contributed by atoms with E-state index in [9.17, 15) is 14.7 Å². The van der Waals surface area contributed by atoms with Gasteiger partial charge >= 0.3 is 5.97 Å². The second-order valence-electron chi connectivity index (χ2n) is 6.01. The molecule has 0 aromatic rings. The molecule has 0 aromatic heterocycles. The van der Waals surface area contributed by atoms with Crippen molar-refractivity contribution in [2.24, 2.45) is 17.3 Å². The fourth-order valence-electron chi connectivity index (χ4n) is 3.12. The van der Waals surface area contributed by atoms with E-state index in [0.717, 1.165) is 24.3 Å². The summed E-state index contributed by atoms with van der Waals surface area (Å²) in [4.78, 5) is 25.8. The zero-order valence-corrected chi connectivity index (χ0v) is 12.5. The molecule has 1 atom stereocenters. The van der Waals surface area contributed by atoms with Crippen molar-refractivity contribution in [3.8, 4) is 0 Å². The molecule has 0 bridgehead atoms. The van der Waals surface area contributed by atoms with E-state index in [1.807, 2.05) is 25.6 Å². The maximum absolute atomic E-state index is 12.5. The van der Waals surface area contributed by atoms with Gasteiger partial charge in [-0.3, -0.25) is 9.59 Å². The van der Waals surface area contributed by atoms with Crippen LogP contribution in [0.1, 0.15) is 33.1 Å². The molecule has 1 unspecified atom stereocenters. The van der Waals surface area contributed by atoms with E-state index >= 15 is 0 Å². The average Bonchev–Trinajstić information content (AvgIpc) is 2.85. The molecule has 19 heavy (non-hydrogen) atoms. The van der Waals surface area contributed by atoms with Crippen LogP contribution in [-0.4, -0.2) is 46.5 Å². The Morgan fingerprint density at radius 1 is 1.32 bits per heavy atom. The van der Waals surface area contributed by atoms with E-state index in [2.05, 4.69) is 0 Å². The quantitative estimate of drug-likeness (QED) is 0.862. The lowest BCUT2D eigenvalue weighted by molar-refractivity contribution is -0.151. The minimum atomic E-state index is -0.753. The van der Waals surface area contributed by atoms with Crippen molar-refractivity contribution < 1.29 is 14.7 Å². The van der Waals surface area contributed by atoms with Gasteiger partial charge in [0.25, 0.3) is 0 Å². The van der Waals surface area contributed by atoms with Crippen LogP contribution in [0.3, 0.4) is 0 Å². The Labute approximate surface area is 118 Å². The van der Waals surface area contributed by atoms with Gasteiger partial charge in [0.05, 0.1) is 5.41 Å². The largest absolute Gasteiger partial charge is 0.481 e. The maximum atomic E-state index is 12.5. The first-order valence-electron chi connectivity index (χ1n) is 7.07. The number of likely N-dealkylation sites (tertiary alicyclic amines) is 1. The highest BCUT2D eigenvalue weighted by Gasteiger charge is 2.49. The summed E-state index contributed by atoms with van der Waals surface area (Å²) in [5.41, 5.74) is -0.737. The molecular weight excluding hydrogens is 262 g/mol. The molecular formula is C14H23NO3S. The number of amides is 1. The maximum Gasteiger partial charge on any atom is 0.311 e. The first-order valence-corrected chi connectivity index (χ1v) is 8.23. The Hall–Kier alpha value is -0.710. The number of aliphatic carboxylic acids is 1. The zero-order chi connectivity index (χ0) is 14.0. The zero-order valence-electron chi connectivity index (χ0n) is 11.7. The van der Waals surface area contributed by atoms with Gasteiger partial charge in [0.1, 0.15) is 0 Å². The number of hydrogen-bond acceptors (Lipinski definition) is 3. The van der Waals surface area contributed by atoms with Crippen LogP contribution in [0.4, 0.5) is 0 Å². The van der Waals surface area contributed by atoms with E-state index in [1.54, 1.807) is 4.90 Å². The number of carboxylic acids is 1. The van der Waals surface area contributed by atoms with Crippen molar-refractivity contribution >= 4 is 23.6 Å². The van der Waals surface area contributed by atoms with Gasteiger partial charge in [-0.15, -0.1) is 0 Å². The van der Waals surface area contributed by atoms with E-state index in [4.69, 9.17) is 0 Å². The van der Waals surface area contributed by atoms with Gasteiger partial charge in [0.15, 0.2) is 0 Å². The third kappa shape index (κ3) is 2.76. The lowest BCUT2D eigenvalue weighted by Gasteiger charge is -2.30. The molecule has 4 nitrogen and oxygen atoms in total. The van der Waals surface area contributed by atoms with Crippen LogP contribution in [0.15, 0.2) is 0 Å². The van der Waals surface area contributed by atoms with Gasteiger partial charge < -0.3 is 10.0 Å². The van der Waals surface area contributed by atoms with E-state index in [1.165, 1.54) is 0 Å². The molecule has 1 N–H and O–H groups in total. The molecule has 108 valence electrons. The number of nitrogens with zero attached hydrogens (tertiary/aromatic N) is 1. The SMILES string of the molecule is CC(C)C1(C(=O)O)CCN(C(=O)C2CCSCC2)C1. The van der Waals surface area contributed by atoms with Gasteiger partial charge in [0.2, 0.25) is 5.91 Å². The molecule has 1 amide bonds. The molecule has 2 aliphatic heterocycles. The minimum Gasteiger partial charge on any atom is -0.481 e. The second kappa shape index (κ2) is 5.73. The Bertz CT molecular complexity index is 366. The number of carbonyl (C=O) groups is 2. The number of thioether (sulfide) groups is 1. The Morgan fingerprint density at radius 2 is 1.95 bits per heavy atom. The predicted octanol–water partition coefficient (Wildman–Crippen LogP) is 2.09. The van der Waals surface area contributed by atoms with Crippen molar-refractivity contribution in [2.45, 2.75) is 33.1 Å². The summed E-state index contributed by atoms with van der Waals surface area (Å²) in [6.45, 7) is 4.88. The van der Waals surface area contributed by atoms with Crippen LogP contribution in [-0.2, 0) is 9.59 Å². The van der Waals surface area contributed by atoms with Crippen LogP contribution in [0.5, 0.6) is 0 Å². The number of carbonyl (C=O) groups excluding carboxylic acids is 1. The Kier molecular flexibility index (Phi) is 4.43. The number of carboxylic acid groups (broad SMARTS) is 1. The highest BCUT2D eigenvalue weighted by molar-refractivity contribution is 7.99. The van der Waals surface area contributed by atoms with Gasteiger partial charge in [-0.25, -0.2) is 0 Å². The minimum absolute atomic E-state index is 0.0599. The number of hydrogen-bond donors (Lipinski definition) is 1. The normalized spacial score (nSPS) is 28.9. The van der Waals surface area contributed by atoms with Crippen LogP contribution < -0.4 is 0 Å².